The fourth-order valence-corrected chi connectivity index (χ4v) is 4.08. The van der Waals surface area contributed by atoms with Gasteiger partial charge in [-0.3, -0.25) is 4.79 Å². The average Bonchev–Trinajstić information content (AvgIpc) is 3.22. The second-order valence-corrected chi connectivity index (χ2v) is 7.35. The van der Waals surface area contributed by atoms with Gasteiger partial charge in [-0.05, 0) is 43.5 Å². The van der Waals surface area contributed by atoms with Crippen LogP contribution in [0.4, 0.5) is 8.78 Å². The van der Waals surface area contributed by atoms with Gasteiger partial charge in [0.15, 0.2) is 17.3 Å². The fraction of sp³-hybridized carbons (Fsp3) is 0.304. The zero-order chi connectivity index (χ0) is 22.8. The summed E-state index contributed by atoms with van der Waals surface area (Å²) < 4.78 is 45.2. The maximum Gasteiger partial charge on any atom is 0.255 e. The van der Waals surface area contributed by atoms with Crippen molar-refractivity contribution in [2.75, 3.05) is 21.3 Å². The number of hydrogen-bond acceptors (Lipinski definition) is 5. The van der Waals surface area contributed by atoms with E-state index in [9.17, 15) is 13.6 Å². The number of amides is 1. The van der Waals surface area contributed by atoms with Crippen LogP contribution in [0.15, 0.2) is 36.5 Å². The summed E-state index contributed by atoms with van der Waals surface area (Å²) in [6, 6.07) is 6.30. The van der Waals surface area contributed by atoms with E-state index in [1.165, 1.54) is 38.1 Å². The normalized spacial score (nSPS) is 15.1. The highest BCUT2D eigenvalue weighted by atomic mass is 19.1. The largest absolute Gasteiger partial charge is 0.493 e. The molecule has 0 unspecified atom stereocenters. The van der Waals surface area contributed by atoms with Crippen molar-refractivity contribution < 1.29 is 27.8 Å². The van der Waals surface area contributed by atoms with Crippen LogP contribution in [-0.2, 0) is 6.42 Å². The quantitative estimate of drug-likeness (QED) is 0.624. The summed E-state index contributed by atoms with van der Waals surface area (Å²) in [5.74, 6) is -0.653. The standard InChI is InChI=1S/C23H23F2N3O4/c1-30-20-10-8-14(21(31-2)22(20)32-3)23(29)27-17-5-4-6-18-15(17)12-26-28(18)19-9-7-13(24)11-16(19)25/h7-12,17H,4-6H2,1-3H3,(H,27,29)/t17-/m0/s1. The number of fused-ring (bicyclic) bond motifs is 1. The number of aromatic nitrogens is 2. The van der Waals surface area contributed by atoms with E-state index in [0.29, 0.717) is 29.9 Å². The minimum atomic E-state index is -0.697. The first-order valence-electron chi connectivity index (χ1n) is 10.1. The molecule has 9 heteroatoms. The second-order valence-electron chi connectivity index (χ2n) is 7.35. The molecule has 0 aliphatic heterocycles. The van der Waals surface area contributed by atoms with Crippen LogP contribution in [0, 0.1) is 11.6 Å². The first-order valence-corrected chi connectivity index (χ1v) is 10.1. The summed E-state index contributed by atoms with van der Waals surface area (Å²) in [6.45, 7) is 0. The molecule has 1 aromatic heterocycles. The third-order valence-electron chi connectivity index (χ3n) is 5.58. The predicted molar refractivity (Wildman–Crippen MR) is 113 cm³/mol. The van der Waals surface area contributed by atoms with E-state index in [1.54, 1.807) is 18.3 Å². The SMILES string of the molecule is COc1ccc(C(=O)N[C@H]2CCCc3c2cnn3-c2ccc(F)cc2F)c(OC)c1OC. The molecule has 0 spiro atoms. The second kappa shape index (κ2) is 8.86. The van der Waals surface area contributed by atoms with Gasteiger partial charge in [-0.1, -0.05) is 0 Å². The maximum atomic E-state index is 14.3. The summed E-state index contributed by atoms with van der Waals surface area (Å²) in [4.78, 5) is 13.1. The number of benzene rings is 2. The fourth-order valence-electron chi connectivity index (χ4n) is 4.08. The molecule has 1 amide bonds. The minimum Gasteiger partial charge on any atom is -0.493 e. The predicted octanol–water partition coefficient (Wildman–Crippen LogP) is 3.98. The lowest BCUT2D eigenvalue weighted by Crippen LogP contribution is -2.31. The van der Waals surface area contributed by atoms with Crippen molar-refractivity contribution in [1.82, 2.24) is 15.1 Å². The Morgan fingerprint density at radius 2 is 1.88 bits per heavy atom. The van der Waals surface area contributed by atoms with Crippen LogP contribution in [0.3, 0.4) is 0 Å². The zero-order valence-corrected chi connectivity index (χ0v) is 17.9. The lowest BCUT2D eigenvalue weighted by Gasteiger charge is -2.25. The van der Waals surface area contributed by atoms with E-state index < -0.39 is 11.6 Å². The number of carbonyl (C=O) groups is 1. The Bertz CT molecular complexity index is 1160. The van der Waals surface area contributed by atoms with Gasteiger partial charge >= 0.3 is 0 Å². The van der Waals surface area contributed by atoms with Crippen molar-refractivity contribution in [2.24, 2.45) is 0 Å². The Kier molecular flexibility index (Phi) is 5.98. The van der Waals surface area contributed by atoms with Gasteiger partial charge in [-0.25, -0.2) is 13.5 Å². The van der Waals surface area contributed by atoms with Gasteiger partial charge in [0.1, 0.15) is 11.5 Å². The number of hydrogen-bond donors (Lipinski definition) is 1. The molecule has 3 aromatic rings. The molecule has 0 saturated carbocycles. The van der Waals surface area contributed by atoms with Gasteiger partial charge in [0.2, 0.25) is 5.75 Å². The van der Waals surface area contributed by atoms with Gasteiger partial charge in [0.25, 0.3) is 5.91 Å². The Morgan fingerprint density at radius 3 is 2.56 bits per heavy atom. The van der Waals surface area contributed by atoms with Gasteiger partial charge < -0.3 is 19.5 Å². The molecule has 1 aliphatic rings. The van der Waals surface area contributed by atoms with Crippen molar-refractivity contribution in [1.29, 1.82) is 0 Å². The third kappa shape index (κ3) is 3.74. The number of nitrogens with one attached hydrogen (secondary N) is 1. The molecular weight excluding hydrogens is 420 g/mol. The number of carbonyl (C=O) groups excluding carboxylic acids is 1. The third-order valence-corrected chi connectivity index (χ3v) is 5.58. The van der Waals surface area contributed by atoms with E-state index in [0.717, 1.165) is 23.7 Å². The molecule has 1 atom stereocenters. The van der Waals surface area contributed by atoms with Crippen molar-refractivity contribution >= 4 is 5.91 Å². The van der Waals surface area contributed by atoms with Crippen LogP contribution in [0.5, 0.6) is 17.2 Å². The molecule has 2 aromatic carbocycles. The first kappa shape index (κ1) is 21.6. The summed E-state index contributed by atoms with van der Waals surface area (Å²) >= 11 is 0. The van der Waals surface area contributed by atoms with Crippen LogP contribution >= 0.6 is 0 Å². The molecule has 32 heavy (non-hydrogen) atoms. The first-order chi connectivity index (χ1) is 15.5. The maximum absolute atomic E-state index is 14.3. The van der Waals surface area contributed by atoms with Gasteiger partial charge in [-0.2, -0.15) is 5.10 Å². The Hall–Kier alpha value is -3.62. The number of methoxy groups -OCH3 is 3. The lowest BCUT2D eigenvalue weighted by atomic mass is 9.92. The monoisotopic (exact) mass is 443 g/mol. The van der Waals surface area contributed by atoms with Gasteiger partial charge in [0, 0.05) is 17.3 Å². The summed E-state index contributed by atoms with van der Waals surface area (Å²) in [6.07, 6.45) is 3.76. The van der Waals surface area contributed by atoms with Crippen LogP contribution < -0.4 is 19.5 Å². The Morgan fingerprint density at radius 1 is 1.09 bits per heavy atom. The van der Waals surface area contributed by atoms with Crippen molar-refractivity contribution in [3.8, 4) is 22.9 Å². The lowest BCUT2D eigenvalue weighted by molar-refractivity contribution is 0.0929. The van der Waals surface area contributed by atoms with E-state index in [1.807, 2.05) is 0 Å². The average molecular weight is 443 g/mol. The topological polar surface area (TPSA) is 74.6 Å². The van der Waals surface area contributed by atoms with Crippen LogP contribution in [0.2, 0.25) is 0 Å². The number of halogens is 2. The molecule has 1 N–H and O–H groups in total. The van der Waals surface area contributed by atoms with Crippen molar-refractivity contribution in [2.45, 2.75) is 25.3 Å². The molecule has 4 rings (SSSR count). The smallest absolute Gasteiger partial charge is 0.255 e. The van der Waals surface area contributed by atoms with Crippen LogP contribution in [0.25, 0.3) is 5.69 Å². The van der Waals surface area contributed by atoms with E-state index in [2.05, 4.69) is 10.4 Å². The van der Waals surface area contributed by atoms with E-state index in [4.69, 9.17) is 14.2 Å². The number of ether oxygens (including phenoxy) is 3. The summed E-state index contributed by atoms with van der Waals surface area (Å²) in [5.41, 5.74) is 2.05. The minimum absolute atomic E-state index is 0.168. The highest BCUT2D eigenvalue weighted by molar-refractivity contribution is 5.98. The number of rotatable bonds is 6. The van der Waals surface area contributed by atoms with E-state index in [-0.39, 0.29) is 23.4 Å². The molecule has 7 nitrogen and oxygen atoms in total. The highest BCUT2D eigenvalue weighted by Gasteiger charge is 2.29. The molecule has 0 radical (unpaired) electrons. The zero-order valence-electron chi connectivity index (χ0n) is 17.9. The molecule has 0 fully saturated rings. The molecule has 0 saturated heterocycles. The molecule has 1 aliphatic carbocycles. The Balaban J connectivity index is 1.64. The Labute approximate surface area is 183 Å². The highest BCUT2D eigenvalue weighted by Crippen LogP contribution is 2.40. The summed E-state index contributed by atoms with van der Waals surface area (Å²) in [7, 11) is 4.43. The van der Waals surface area contributed by atoms with Crippen LogP contribution in [0.1, 0.15) is 40.5 Å². The van der Waals surface area contributed by atoms with Gasteiger partial charge in [-0.15, -0.1) is 0 Å². The van der Waals surface area contributed by atoms with Crippen molar-refractivity contribution in [3.05, 3.63) is 65.0 Å². The van der Waals surface area contributed by atoms with E-state index >= 15 is 0 Å². The molecular formula is C23H23F2N3O4. The van der Waals surface area contributed by atoms with Gasteiger partial charge in [0.05, 0.1) is 39.1 Å². The molecule has 1 heterocycles. The molecule has 168 valence electrons. The van der Waals surface area contributed by atoms with Crippen molar-refractivity contribution in [3.63, 3.8) is 0 Å². The number of nitrogens with zero attached hydrogens (tertiary/aromatic N) is 2. The van der Waals surface area contributed by atoms with Crippen LogP contribution in [-0.4, -0.2) is 37.0 Å². The summed E-state index contributed by atoms with van der Waals surface area (Å²) in [5, 5.41) is 7.34. The molecule has 0 bridgehead atoms.